The molecule has 0 heterocycles. The molecule has 0 aromatic rings. The second-order valence-electron chi connectivity index (χ2n) is 1.55. The molecule has 0 rings (SSSR count). The van der Waals surface area contributed by atoms with Crippen LogP contribution < -0.4 is 0 Å². The van der Waals surface area contributed by atoms with Crippen molar-refractivity contribution in [2.24, 2.45) is 4.99 Å². The molecule has 10 heavy (non-hydrogen) atoms. The highest BCUT2D eigenvalue weighted by Crippen LogP contribution is 2.01. The standard InChI is InChI=1S/C7H7BrN2/c1-3-7(4-9)10-5-6(2)8/h3,5H,1H2,2H3/b6-5+,10-7+. The van der Waals surface area contributed by atoms with Crippen molar-refractivity contribution in [2.45, 2.75) is 6.92 Å². The van der Waals surface area contributed by atoms with E-state index in [1.807, 2.05) is 13.0 Å². The fourth-order valence-electron chi connectivity index (χ4n) is 0.286. The van der Waals surface area contributed by atoms with Gasteiger partial charge in [0.25, 0.3) is 0 Å². The first-order valence-corrected chi connectivity index (χ1v) is 3.42. The Morgan fingerprint density at radius 3 is 2.70 bits per heavy atom. The monoisotopic (exact) mass is 198 g/mol. The Hall–Kier alpha value is -0.880. The number of halogens is 1. The van der Waals surface area contributed by atoms with Crippen LogP contribution >= 0.6 is 15.9 Å². The highest BCUT2D eigenvalue weighted by molar-refractivity contribution is 9.11. The summed E-state index contributed by atoms with van der Waals surface area (Å²) in [5, 5.41) is 8.34. The maximum absolute atomic E-state index is 8.34. The zero-order valence-electron chi connectivity index (χ0n) is 5.63. The lowest BCUT2D eigenvalue weighted by Gasteiger charge is -1.82. The summed E-state index contributed by atoms with van der Waals surface area (Å²) in [6, 6.07) is 1.87. The predicted molar refractivity (Wildman–Crippen MR) is 45.9 cm³/mol. The molecule has 0 aliphatic heterocycles. The van der Waals surface area contributed by atoms with Crippen LogP contribution in [-0.2, 0) is 0 Å². The van der Waals surface area contributed by atoms with E-state index in [9.17, 15) is 0 Å². The maximum Gasteiger partial charge on any atom is 0.139 e. The summed E-state index contributed by atoms with van der Waals surface area (Å²) in [5.41, 5.74) is 0.318. The molecule has 0 atom stereocenters. The minimum atomic E-state index is 0.318. The zero-order valence-corrected chi connectivity index (χ0v) is 7.22. The van der Waals surface area contributed by atoms with Gasteiger partial charge in [0.1, 0.15) is 11.8 Å². The number of nitrogens with zero attached hydrogens (tertiary/aromatic N) is 2. The molecule has 0 unspecified atom stereocenters. The molecule has 0 aliphatic carbocycles. The minimum absolute atomic E-state index is 0.318. The van der Waals surface area contributed by atoms with E-state index in [0.717, 1.165) is 4.48 Å². The predicted octanol–water partition coefficient (Wildman–Crippen LogP) is 2.39. The molecular weight excluding hydrogens is 192 g/mol. The zero-order chi connectivity index (χ0) is 7.98. The smallest absolute Gasteiger partial charge is 0.139 e. The van der Waals surface area contributed by atoms with E-state index in [0.29, 0.717) is 5.71 Å². The molecule has 0 bridgehead atoms. The van der Waals surface area contributed by atoms with Gasteiger partial charge in [-0.3, -0.25) is 0 Å². The first-order chi connectivity index (χ1) is 4.70. The molecular formula is C7H7BrN2. The van der Waals surface area contributed by atoms with Gasteiger partial charge in [0.2, 0.25) is 0 Å². The van der Waals surface area contributed by atoms with Crippen molar-refractivity contribution in [1.82, 2.24) is 0 Å². The summed E-state index contributed by atoms with van der Waals surface area (Å²) < 4.78 is 0.877. The molecule has 0 radical (unpaired) electrons. The fourth-order valence-corrected chi connectivity index (χ4v) is 0.388. The summed E-state index contributed by atoms with van der Waals surface area (Å²) in [4.78, 5) is 3.79. The van der Waals surface area contributed by atoms with E-state index in [4.69, 9.17) is 5.26 Å². The van der Waals surface area contributed by atoms with Crippen LogP contribution in [0.15, 0.2) is 28.3 Å². The van der Waals surface area contributed by atoms with Gasteiger partial charge in [-0.1, -0.05) is 22.5 Å². The Morgan fingerprint density at radius 1 is 1.80 bits per heavy atom. The second kappa shape index (κ2) is 4.95. The molecule has 0 aliphatic rings. The van der Waals surface area contributed by atoms with Crippen LogP contribution in [0.3, 0.4) is 0 Å². The lowest BCUT2D eigenvalue weighted by molar-refractivity contribution is 1.49. The van der Waals surface area contributed by atoms with Crippen LogP contribution in [0.25, 0.3) is 0 Å². The van der Waals surface area contributed by atoms with Crippen LogP contribution in [0.5, 0.6) is 0 Å². The summed E-state index contributed by atoms with van der Waals surface area (Å²) in [7, 11) is 0. The molecule has 0 aromatic heterocycles. The summed E-state index contributed by atoms with van der Waals surface area (Å²) in [6.07, 6.45) is 2.96. The van der Waals surface area contributed by atoms with Gasteiger partial charge in [0.15, 0.2) is 0 Å². The number of aliphatic imine (C=N–C) groups is 1. The molecule has 52 valence electrons. The van der Waals surface area contributed by atoms with Crippen molar-refractivity contribution in [2.75, 3.05) is 0 Å². The van der Waals surface area contributed by atoms with Crippen molar-refractivity contribution in [3.63, 3.8) is 0 Å². The molecule has 0 fully saturated rings. The lowest BCUT2D eigenvalue weighted by Crippen LogP contribution is -1.83. The molecule has 0 aromatic carbocycles. The average Bonchev–Trinajstić information content (AvgIpc) is 1.90. The van der Waals surface area contributed by atoms with E-state index >= 15 is 0 Å². The van der Waals surface area contributed by atoms with Crippen molar-refractivity contribution >= 4 is 21.6 Å². The Morgan fingerprint density at radius 2 is 2.40 bits per heavy atom. The first kappa shape index (κ1) is 9.12. The van der Waals surface area contributed by atoms with Crippen LogP contribution in [0.2, 0.25) is 0 Å². The Balaban J connectivity index is 4.31. The summed E-state index contributed by atoms with van der Waals surface area (Å²) in [5.74, 6) is 0. The number of nitriles is 1. The average molecular weight is 199 g/mol. The van der Waals surface area contributed by atoms with Gasteiger partial charge >= 0.3 is 0 Å². The van der Waals surface area contributed by atoms with Crippen LogP contribution in [0.1, 0.15) is 6.92 Å². The van der Waals surface area contributed by atoms with Gasteiger partial charge in [-0.05, 0) is 13.0 Å². The number of hydrogen-bond acceptors (Lipinski definition) is 2. The topological polar surface area (TPSA) is 36.1 Å². The Bertz CT molecular complexity index is 216. The summed E-state index contributed by atoms with van der Waals surface area (Å²) in [6.45, 7) is 5.25. The van der Waals surface area contributed by atoms with Gasteiger partial charge in [-0.2, -0.15) is 5.26 Å². The molecule has 0 amide bonds. The van der Waals surface area contributed by atoms with Gasteiger partial charge in [0, 0.05) is 10.7 Å². The maximum atomic E-state index is 8.34. The van der Waals surface area contributed by atoms with E-state index in [2.05, 4.69) is 27.5 Å². The van der Waals surface area contributed by atoms with Crippen LogP contribution in [0, 0.1) is 11.3 Å². The molecule has 2 nitrogen and oxygen atoms in total. The fraction of sp³-hybridized carbons (Fsp3) is 0.143. The minimum Gasteiger partial charge on any atom is -0.245 e. The number of allylic oxidation sites excluding steroid dienone is 2. The van der Waals surface area contributed by atoms with Crippen molar-refractivity contribution in [3.8, 4) is 6.07 Å². The quantitative estimate of drug-likeness (QED) is 0.629. The summed E-state index contributed by atoms with van der Waals surface area (Å²) >= 11 is 3.17. The number of rotatable bonds is 2. The van der Waals surface area contributed by atoms with Gasteiger partial charge in [-0.25, -0.2) is 4.99 Å². The van der Waals surface area contributed by atoms with Gasteiger partial charge in [-0.15, -0.1) is 0 Å². The molecule has 0 spiro atoms. The molecule has 3 heteroatoms. The SMILES string of the molecule is C=C/C(C#N)=N\C=C(/C)Br. The van der Waals surface area contributed by atoms with Gasteiger partial charge in [0.05, 0.1) is 0 Å². The molecule has 0 saturated heterocycles. The lowest BCUT2D eigenvalue weighted by atomic mass is 10.4. The van der Waals surface area contributed by atoms with Crippen molar-refractivity contribution in [1.29, 1.82) is 5.26 Å². The Labute approximate surface area is 68.7 Å². The molecule has 0 N–H and O–H groups in total. The third-order valence-corrected chi connectivity index (χ3v) is 0.894. The second-order valence-corrected chi connectivity index (χ2v) is 2.80. The molecule has 0 saturated carbocycles. The highest BCUT2D eigenvalue weighted by Gasteiger charge is 1.84. The van der Waals surface area contributed by atoms with E-state index in [1.54, 1.807) is 6.20 Å². The van der Waals surface area contributed by atoms with Crippen molar-refractivity contribution < 1.29 is 0 Å². The van der Waals surface area contributed by atoms with Crippen LogP contribution in [-0.4, -0.2) is 5.71 Å². The largest absolute Gasteiger partial charge is 0.245 e. The normalized spacial score (nSPS) is 12.5. The highest BCUT2D eigenvalue weighted by atomic mass is 79.9. The first-order valence-electron chi connectivity index (χ1n) is 2.63. The third kappa shape index (κ3) is 4.04. The Kier molecular flexibility index (Phi) is 4.51. The third-order valence-electron chi connectivity index (χ3n) is 0.689. The van der Waals surface area contributed by atoms with Gasteiger partial charge < -0.3 is 0 Å². The van der Waals surface area contributed by atoms with Crippen LogP contribution in [0.4, 0.5) is 0 Å². The van der Waals surface area contributed by atoms with Crippen molar-refractivity contribution in [3.05, 3.63) is 23.3 Å². The van der Waals surface area contributed by atoms with E-state index in [-0.39, 0.29) is 0 Å². The van der Waals surface area contributed by atoms with E-state index in [1.165, 1.54) is 6.08 Å². The van der Waals surface area contributed by atoms with E-state index < -0.39 is 0 Å². The number of hydrogen-bond donors (Lipinski definition) is 0.